The van der Waals surface area contributed by atoms with E-state index in [9.17, 15) is 4.79 Å². The lowest BCUT2D eigenvalue weighted by Gasteiger charge is -2.24. The molecule has 1 aromatic carbocycles. The second kappa shape index (κ2) is 7.14. The highest BCUT2D eigenvalue weighted by molar-refractivity contribution is 7.10. The number of tetrazole rings is 1. The van der Waals surface area contributed by atoms with E-state index in [0.29, 0.717) is 11.5 Å². The summed E-state index contributed by atoms with van der Waals surface area (Å²) in [6.07, 6.45) is 6.40. The van der Waals surface area contributed by atoms with Crippen molar-refractivity contribution >= 4 is 17.2 Å². The van der Waals surface area contributed by atoms with Gasteiger partial charge in [-0.2, -0.15) is 0 Å². The van der Waals surface area contributed by atoms with E-state index in [1.165, 1.54) is 36.9 Å². The van der Waals surface area contributed by atoms with E-state index in [0.717, 1.165) is 5.69 Å². The van der Waals surface area contributed by atoms with Crippen molar-refractivity contribution in [3.05, 3.63) is 58.5 Å². The molecule has 1 fully saturated rings. The molecule has 3 aromatic rings. The number of hydrogen-bond donors (Lipinski definition) is 1. The van der Waals surface area contributed by atoms with Gasteiger partial charge >= 0.3 is 0 Å². The van der Waals surface area contributed by atoms with Crippen molar-refractivity contribution in [3.63, 3.8) is 0 Å². The third kappa shape index (κ3) is 3.46. The number of carbonyl (C=O) groups excluding carboxylic acids is 1. The van der Waals surface area contributed by atoms with Crippen molar-refractivity contribution in [2.75, 3.05) is 0 Å². The van der Waals surface area contributed by atoms with Crippen LogP contribution in [0.5, 0.6) is 0 Å². The Hall–Kier alpha value is -2.54. The summed E-state index contributed by atoms with van der Waals surface area (Å²) in [7, 11) is 0. The standard InChI is InChI=1S/C18H19N5OS/c24-18(14-7-9-15(10-8-14)23-12-19-21-22-23)20-17(13-4-1-2-5-13)16-6-3-11-25-16/h3,6-13,17H,1-2,4-5H2,(H,20,24)/t17-/m0/s1. The molecule has 0 bridgehead atoms. The minimum absolute atomic E-state index is 0.0337. The molecule has 2 heterocycles. The highest BCUT2D eigenvalue weighted by Crippen LogP contribution is 2.37. The number of hydrogen-bond acceptors (Lipinski definition) is 5. The fourth-order valence-electron chi connectivity index (χ4n) is 3.45. The Morgan fingerprint density at radius 1 is 1.20 bits per heavy atom. The van der Waals surface area contributed by atoms with Crippen LogP contribution in [0.2, 0.25) is 0 Å². The molecular weight excluding hydrogens is 334 g/mol. The van der Waals surface area contributed by atoms with Crippen molar-refractivity contribution < 1.29 is 4.79 Å². The quantitative estimate of drug-likeness (QED) is 0.763. The lowest BCUT2D eigenvalue weighted by atomic mass is 9.96. The zero-order valence-electron chi connectivity index (χ0n) is 13.7. The third-order valence-corrected chi connectivity index (χ3v) is 5.71. The third-order valence-electron chi connectivity index (χ3n) is 4.75. The second-order valence-electron chi connectivity index (χ2n) is 6.31. The van der Waals surface area contributed by atoms with Crippen LogP contribution < -0.4 is 5.32 Å². The van der Waals surface area contributed by atoms with Gasteiger partial charge in [-0.3, -0.25) is 4.79 Å². The molecule has 0 saturated heterocycles. The van der Waals surface area contributed by atoms with Crippen LogP contribution in [0, 0.1) is 5.92 Å². The summed E-state index contributed by atoms with van der Waals surface area (Å²) in [4.78, 5) is 14.0. The summed E-state index contributed by atoms with van der Waals surface area (Å²) < 4.78 is 1.56. The predicted octanol–water partition coefficient (Wildman–Crippen LogP) is 3.39. The predicted molar refractivity (Wildman–Crippen MR) is 95.6 cm³/mol. The zero-order chi connectivity index (χ0) is 17.1. The average molecular weight is 353 g/mol. The number of rotatable bonds is 5. The molecule has 2 aromatic heterocycles. The molecule has 1 N–H and O–H groups in total. The van der Waals surface area contributed by atoms with E-state index in [4.69, 9.17) is 0 Å². The van der Waals surface area contributed by atoms with Crippen LogP contribution in [0.4, 0.5) is 0 Å². The normalized spacial score (nSPS) is 16.0. The van der Waals surface area contributed by atoms with Crippen LogP contribution in [0.25, 0.3) is 5.69 Å². The molecule has 0 spiro atoms. The van der Waals surface area contributed by atoms with Crippen LogP contribution >= 0.6 is 11.3 Å². The SMILES string of the molecule is O=C(N[C@H](c1cccs1)C1CCCC1)c1ccc(-n2cnnn2)cc1. The van der Waals surface area contributed by atoms with Gasteiger partial charge in [0, 0.05) is 10.4 Å². The highest BCUT2D eigenvalue weighted by atomic mass is 32.1. The molecule has 0 aliphatic heterocycles. The number of nitrogens with zero attached hydrogens (tertiary/aromatic N) is 4. The van der Waals surface area contributed by atoms with Crippen LogP contribution in [0.3, 0.4) is 0 Å². The molecule has 1 amide bonds. The lowest BCUT2D eigenvalue weighted by molar-refractivity contribution is 0.0923. The monoisotopic (exact) mass is 353 g/mol. The summed E-state index contributed by atoms with van der Waals surface area (Å²) in [5, 5.41) is 16.4. The Morgan fingerprint density at radius 2 is 2.00 bits per heavy atom. The molecule has 1 aliphatic rings. The van der Waals surface area contributed by atoms with Gasteiger partial charge in [0.2, 0.25) is 0 Å². The van der Waals surface area contributed by atoms with Gasteiger partial charge in [0.1, 0.15) is 6.33 Å². The highest BCUT2D eigenvalue weighted by Gasteiger charge is 2.28. The van der Waals surface area contributed by atoms with Crippen LogP contribution in [-0.2, 0) is 0 Å². The molecule has 7 heteroatoms. The molecule has 0 radical (unpaired) electrons. The summed E-state index contributed by atoms with van der Waals surface area (Å²) >= 11 is 1.72. The Balaban J connectivity index is 1.51. The molecular formula is C18H19N5OS. The first-order chi connectivity index (χ1) is 12.3. The maximum atomic E-state index is 12.8. The number of benzene rings is 1. The number of aromatic nitrogens is 4. The number of amides is 1. The van der Waals surface area contributed by atoms with E-state index < -0.39 is 0 Å². The molecule has 128 valence electrons. The Bertz CT molecular complexity index is 808. The summed E-state index contributed by atoms with van der Waals surface area (Å²) in [5.74, 6) is 0.497. The number of thiophene rings is 1. The minimum atomic E-state index is -0.0337. The minimum Gasteiger partial charge on any atom is -0.344 e. The van der Waals surface area contributed by atoms with E-state index in [1.54, 1.807) is 16.0 Å². The van der Waals surface area contributed by atoms with Crippen LogP contribution in [-0.4, -0.2) is 26.1 Å². The van der Waals surface area contributed by atoms with Crippen molar-refractivity contribution in [1.29, 1.82) is 0 Å². The van der Waals surface area contributed by atoms with Crippen molar-refractivity contribution in [2.24, 2.45) is 5.92 Å². The Labute approximate surface area is 149 Å². The number of nitrogens with one attached hydrogen (secondary N) is 1. The van der Waals surface area contributed by atoms with Gasteiger partial charge < -0.3 is 5.32 Å². The smallest absolute Gasteiger partial charge is 0.251 e. The van der Waals surface area contributed by atoms with Crippen molar-refractivity contribution in [2.45, 2.75) is 31.7 Å². The first-order valence-electron chi connectivity index (χ1n) is 8.49. The van der Waals surface area contributed by atoms with Gasteiger partial charge in [-0.25, -0.2) is 4.68 Å². The van der Waals surface area contributed by atoms with Gasteiger partial charge in [0.05, 0.1) is 11.7 Å². The van der Waals surface area contributed by atoms with Crippen LogP contribution in [0.15, 0.2) is 48.1 Å². The van der Waals surface area contributed by atoms with Crippen molar-refractivity contribution in [1.82, 2.24) is 25.5 Å². The average Bonchev–Trinajstić information content (AvgIpc) is 3.43. The maximum Gasteiger partial charge on any atom is 0.251 e. The summed E-state index contributed by atoms with van der Waals surface area (Å²) in [6, 6.07) is 11.6. The summed E-state index contributed by atoms with van der Waals surface area (Å²) in [5.41, 5.74) is 1.48. The van der Waals surface area contributed by atoms with Gasteiger partial charge in [-0.15, -0.1) is 16.4 Å². The van der Waals surface area contributed by atoms with E-state index in [-0.39, 0.29) is 11.9 Å². The van der Waals surface area contributed by atoms with Gasteiger partial charge in [-0.05, 0) is 64.9 Å². The van der Waals surface area contributed by atoms with Gasteiger partial charge in [-0.1, -0.05) is 18.9 Å². The topological polar surface area (TPSA) is 72.7 Å². The van der Waals surface area contributed by atoms with Crippen molar-refractivity contribution in [3.8, 4) is 5.69 Å². The molecule has 1 saturated carbocycles. The Kier molecular flexibility index (Phi) is 4.56. The lowest BCUT2D eigenvalue weighted by Crippen LogP contribution is -2.32. The van der Waals surface area contributed by atoms with E-state index >= 15 is 0 Å². The van der Waals surface area contributed by atoms with Crippen LogP contribution in [0.1, 0.15) is 47.0 Å². The second-order valence-corrected chi connectivity index (χ2v) is 7.29. The largest absolute Gasteiger partial charge is 0.344 e. The molecule has 4 rings (SSSR count). The first kappa shape index (κ1) is 16.0. The Morgan fingerprint density at radius 3 is 2.64 bits per heavy atom. The van der Waals surface area contributed by atoms with Gasteiger partial charge in [0.25, 0.3) is 5.91 Å². The zero-order valence-corrected chi connectivity index (χ0v) is 14.5. The van der Waals surface area contributed by atoms with Gasteiger partial charge in [0.15, 0.2) is 0 Å². The molecule has 6 nitrogen and oxygen atoms in total. The van der Waals surface area contributed by atoms with E-state index in [2.05, 4.69) is 38.4 Å². The number of carbonyl (C=O) groups is 1. The first-order valence-corrected chi connectivity index (χ1v) is 9.37. The molecule has 25 heavy (non-hydrogen) atoms. The van der Waals surface area contributed by atoms with E-state index in [1.807, 2.05) is 24.3 Å². The fraction of sp³-hybridized carbons (Fsp3) is 0.333. The fourth-order valence-corrected chi connectivity index (χ4v) is 4.32. The molecule has 1 atom stereocenters. The molecule has 0 unspecified atom stereocenters. The maximum absolute atomic E-state index is 12.8. The molecule has 1 aliphatic carbocycles. The summed E-state index contributed by atoms with van der Waals surface area (Å²) in [6.45, 7) is 0.